The van der Waals surface area contributed by atoms with Crippen molar-refractivity contribution in [3.05, 3.63) is 34.4 Å². The molecular weight excluding hydrogens is 312 g/mol. The minimum absolute atomic E-state index is 0.259. The number of carbonyl (C=O) groups excluding carboxylic acids is 1. The summed E-state index contributed by atoms with van der Waals surface area (Å²) < 4.78 is 0. The van der Waals surface area contributed by atoms with Gasteiger partial charge < -0.3 is 21.7 Å². The van der Waals surface area contributed by atoms with Gasteiger partial charge in [-0.3, -0.25) is 4.79 Å². The van der Waals surface area contributed by atoms with Crippen molar-refractivity contribution in [3.8, 4) is 0 Å². The van der Waals surface area contributed by atoms with Crippen molar-refractivity contribution in [1.29, 1.82) is 0 Å². The summed E-state index contributed by atoms with van der Waals surface area (Å²) in [6.07, 6.45) is 3.03. The molecule has 2 aromatic rings. The lowest BCUT2D eigenvalue weighted by Gasteiger charge is -2.11. The maximum absolute atomic E-state index is 12.3. The predicted octanol–water partition coefficient (Wildman–Crippen LogP) is 1.69. The van der Waals surface area contributed by atoms with E-state index in [1.807, 2.05) is 0 Å². The van der Waals surface area contributed by atoms with Gasteiger partial charge in [0.1, 0.15) is 11.6 Å². The van der Waals surface area contributed by atoms with Crippen LogP contribution in [0.15, 0.2) is 23.7 Å². The van der Waals surface area contributed by atoms with Crippen LogP contribution in [0, 0.1) is 0 Å². The monoisotopic (exact) mass is 330 g/mol. The first-order valence-electron chi connectivity index (χ1n) is 7.31. The van der Waals surface area contributed by atoms with Gasteiger partial charge in [-0.1, -0.05) is 0 Å². The van der Waals surface area contributed by atoms with Crippen molar-refractivity contribution >= 4 is 40.1 Å². The van der Waals surface area contributed by atoms with E-state index in [2.05, 4.69) is 37.4 Å². The first-order chi connectivity index (χ1) is 11.2. The van der Waals surface area contributed by atoms with Gasteiger partial charge in [-0.25, -0.2) is 9.97 Å². The summed E-state index contributed by atoms with van der Waals surface area (Å²) >= 11 is 1.69. The first kappa shape index (κ1) is 15.3. The zero-order chi connectivity index (χ0) is 16.2. The van der Waals surface area contributed by atoms with E-state index in [9.17, 15) is 4.79 Å². The second kappa shape index (κ2) is 6.66. The molecule has 0 unspecified atom stereocenters. The highest BCUT2D eigenvalue weighted by Crippen LogP contribution is 2.25. The van der Waals surface area contributed by atoms with Crippen LogP contribution in [0.3, 0.4) is 0 Å². The number of amides is 1. The molecule has 7 nitrogen and oxygen atoms in total. The van der Waals surface area contributed by atoms with Crippen molar-refractivity contribution < 1.29 is 4.79 Å². The van der Waals surface area contributed by atoms with Crippen molar-refractivity contribution in [3.63, 3.8) is 0 Å². The Morgan fingerprint density at radius 3 is 3.04 bits per heavy atom. The maximum Gasteiger partial charge on any atom is 0.256 e. The van der Waals surface area contributed by atoms with Crippen LogP contribution < -0.4 is 21.7 Å². The highest BCUT2D eigenvalue weighted by molar-refractivity contribution is 7.10. The van der Waals surface area contributed by atoms with Gasteiger partial charge in [-0.2, -0.15) is 0 Å². The highest BCUT2D eigenvalue weighted by Gasteiger charge is 2.17. The van der Waals surface area contributed by atoms with Crippen LogP contribution in [0.1, 0.15) is 17.1 Å². The van der Waals surface area contributed by atoms with E-state index in [-0.39, 0.29) is 17.3 Å². The number of fused-ring (bicyclic) bond motifs is 4. The van der Waals surface area contributed by atoms with Gasteiger partial charge in [0.2, 0.25) is 0 Å². The van der Waals surface area contributed by atoms with Crippen molar-refractivity contribution in [2.45, 2.75) is 12.8 Å². The Kier molecular flexibility index (Phi) is 4.42. The van der Waals surface area contributed by atoms with Crippen LogP contribution in [0.2, 0.25) is 0 Å². The number of carbonyl (C=O) groups is 1. The molecule has 0 saturated heterocycles. The molecule has 5 N–H and O–H groups in total. The Morgan fingerprint density at radius 2 is 2.26 bits per heavy atom. The van der Waals surface area contributed by atoms with E-state index < -0.39 is 0 Å². The second-order valence-corrected chi connectivity index (χ2v) is 6.07. The summed E-state index contributed by atoms with van der Waals surface area (Å²) in [5.74, 6) is 1.23. The van der Waals surface area contributed by atoms with Gasteiger partial charge in [0, 0.05) is 36.1 Å². The Labute approximate surface area is 138 Å². The molecule has 120 valence electrons. The molecule has 3 heterocycles. The van der Waals surface area contributed by atoms with Crippen LogP contribution in [-0.4, -0.2) is 29.5 Å². The van der Waals surface area contributed by atoms with Gasteiger partial charge in [0.25, 0.3) is 5.91 Å². The van der Waals surface area contributed by atoms with Crippen LogP contribution in [0.4, 0.5) is 17.3 Å². The number of hydrogen-bond donors (Lipinski definition) is 4. The number of aryl methyl sites for hydroxylation is 1. The Balaban J connectivity index is 2.06. The number of nitrogens with two attached hydrogens (primary N) is 1. The number of thiophene rings is 1. The Bertz CT molecular complexity index is 754. The summed E-state index contributed by atoms with van der Waals surface area (Å²) in [4.78, 5) is 22.3. The smallest absolute Gasteiger partial charge is 0.256 e. The number of nitrogens with zero attached hydrogens (tertiary/aromatic N) is 2. The molecule has 0 radical (unpaired) electrons. The van der Waals surface area contributed by atoms with Gasteiger partial charge in [-0.15, -0.1) is 11.3 Å². The van der Waals surface area contributed by atoms with E-state index in [0.717, 1.165) is 18.5 Å². The van der Waals surface area contributed by atoms with Gasteiger partial charge in [0.15, 0.2) is 5.82 Å². The van der Waals surface area contributed by atoms with E-state index in [1.165, 1.54) is 11.1 Å². The Hall–Kier alpha value is -2.61. The molecule has 4 bridgehead atoms. The summed E-state index contributed by atoms with van der Waals surface area (Å²) in [7, 11) is 1.76. The number of rotatable bonds is 1. The molecule has 1 aliphatic rings. The molecule has 2 aromatic heterocycles. The topological polar surface area (TPSA) is 105 Å². The molecular formula is C15H18N6OS. The molecule has 0 fully saturated rings. The molecule has 1 amide bonds. The van der Waals surface area contributed by atoms with Crippen LogP contribution >= 0.6 is 11.3 Å². The molecule has 0 saturated carbocycles. The summed E-state index contributed by atoms with van der Waals surface area (Å²) in [5, 5.41) is 11.1. The van der Waals surface area contributed by atoms with Gasteiger partial charge >= 0.3 is 0 Å². The predicted molar refractivity (Wildman–Crippen MR) is 92.7 cm³/mol. The third-order valence-electron chi connectivity index (χ3n) is 3.45. The van der Waals surface area contributed by atoms with Crippen molar-refractivity contribution in [2.75, 3.05) is 24.2 Å². The number of anilines is 3. The van der Waals surface area contributed by atoms with Crippen LogP contribution in [-0.2, 0) is 11.2 Å². The molecule has 0 spiro atoms. The molecule has 23 heavy (non-hydrogen) atoms. The van der Waals surface area contributed by atoms with E-state index in [0.29, 0.717) is 18.2 Å². The summed E-state index contributed by atoms with van der Waals surface area (Å²) in [6, 6.07) is 3.89. The maximum atomic E-state index is 12.3. The largest absolute Gasteiger partial charge is 0.404 e. The molecule has 0 aromatic carbocycles. The molecule has 8 heteroatoms. The fourth-order valence-corrected chi connectivity index (χ4v) is 3.16. The minimum atomic E-state index is -0.267. The molecule has 3 rings (SSSR count). The lowest BCUT2D eigenvalue weighted by molar-refractivity contribution is -0.115. The number of aromatic nitrogens is 2. The average Bonchev–Trinajstić information content (AvgIpc) is 2.99. The Morgan fingerprint density at radius 1 is 1.39 bits per heavy atom. The van der Waals surface area contributed by atoms with E-state index >= 15 is 0 Å². The van der Waals surface area contributed by atoms with Crippen LogP contribution in [0.25, 0.3) is 5.57 Å². The summed E-state index contributed by atoms with van der Waals surface area (Å²) in [6.45, 7) is 0.579. The standard InChI is InChI=1S/C15H18N6OS/c1-17-12-6-13-19-9-5-10(23-8-9)3-2-4-18-15(22)11(7-16)14(20-12)21-13/h5-8H,2-4,16H2,1H3,(H,18,22)(H2,17,19,20,21)/b11-7+. The highest BCUT2D eigenvalue weighted by atomic mass is 32.1. The number of nitrogens with one attached hydrogen (secondary N) is 3. The molecule has 1 aliphatic heterocycles. The third-order valence-corrected chi connectivity index (χ3v) is 4.44. The average molecular weight is 330 g/mol. The quantitative estimate of drug-likeness (QED) is 0.593. The lowest BCUT2D eigenvalue weighted by atomic mass is 10.2. The second-order valence-electron chi connectivity index (χ2n) is 5.08. The number of hydrogen-bond acceptors (Lipinski definition) is 7. The lowest BCUT2D eigenvalue weighted by Crippen LogP contribution is -2.27. The SMILES string of the molecule is CNc1cc2nc(n1)/C(=C\N)C(=O)NCCCc1cc(cs1)N2. The normalized spacial score (nSPS) is 16.6. The van der Waals surface area contributed by atoms with Gasteiger partial charge in [-0.05, 0) is 18.9 Å². The van der Waals surface area contributed by atoms with Gasteiger partial charge in [0.05, 0.1) is 11.3 Å². The van der Waals surface area contributed by atoms with Crippen molar-refractivity contribution in [1.82, 2.24) is 15.3 Å². The summed E-state index contributed by atoms with van der Waals surface area (Å²) in [5.41, 5.74) is 6.87. The van der Waals surface area contributed by atoms with Crippen LogP contribution in [0.5, 0.6) is 0 Å². The molecule has 0 aliphatic carbocycles. The zero-order valence-corrected chi connectivity index (χ0v) is 13.5. The first-order valence-corrected chi connectivity index (χ1v) is 8.19. The fraction of sp³-hybridized carbons (Fsp3) is 0.267. The van der Waals surface area contributed by atoms with Crippen molar-refractivity contribution in [2.24, 2.45) is 5.73 Å². The van der Waals surface area contributed by atoms with E-state index in [4.69, 9.17) is 5.73 Å². The third kappa shape index (κ3) is 3.42. The minimum Gasteiger partial charge on any atom is -0.404 e. The molecule has 0 atom stereocenters. The zero-order valence-electron chi connectivity index (χ0n) is 12.7. The van der Waals surface area contributed by atoms with E-state index in [1.54, 1.807) is 24.5 Å². The fourth-order valence-electron chi connectivity index (χ4n) is 2.30.